The van der Waals surface area contributed by atoms with Gasteiger partial charge in [-0.15, -0.1) is 0 Å². The summed E-state index contributed by atoms with van der Waals surface area (Å²) in [5.74, 6) is -1.14. The lowest BCUT2D eigenvalue weighted by atomic mass is 9.84. The smallest absolute Gasteiger partial charge is 0.291 e. The number of likely N-dealkylation sites (N-methyl/N-ethyl adjacent to an activating group) is 1. The van der Waals surface area contributed by atoms with Crippen LogP contribution >= 0.6 is 0 Å². The molecule has 1 spiro atoms. The molecule has 2 amide bonds. The largest absolute Gasteiger partial charge is 0.450 e. The lowest BCUT2D eigenvalue weighted by Gasteiger charge is -2.33. The summed E-state index contributed by atoms with van der Waals surface area (Å²) in [4.78, 5) is 42.9. The number of hydrogen-bond donors (Lipinski definition) is 1. The minimum Gasteiger partial charge on any atom is -0.450 e. The third-order valence-electron chi connectivity index (χ3n) is 5.60. The van der Waals surface area contributed by atoms with Gasteiger partial charge < -0.3 is 19.3 Å². The summed E-state index contributed by atoms with van der Waals surface area (Å²) in [6.07, 6.45) is 0. The number of hydrogen-bond acceptors (Lipinski definition) is 5. The monoisotopic (exact) mass is 376 g/mol. The summed E-state index contributed by atoms with van der Waals surface area (Å²) in [5.41, 5.74) is -0.594. The van der Waals surface area contributed by atoms with Gasteiger partial charge in [-0.3, -0.25) is 14.4 Å². The predicted molar refractivity (Wildman–Crippen MR) is 101 cm³/mol. The summed E-state index contributed by atoms with van der Waals surface area (Å²) >= 11 is 0. The number of para-hydroxylation sites is 2. The first-order valence-electron chi connectivity index (χ1n) is 8.90. The summed E-state index contributed by atoms with van der Waals surface area (Å²) in [6, 6.07) is 13.7. The zero-order valence-corrected chi connectivity index (χ0v) is 15.0. The molecular formula is C21H16N2O5. The van der Waals surface area contributed by atoms with Crippen LogP contribution in [0.3, 0.4) is 0 Å². The van der Waals surface area contributed by atoms with Gasteiger partial charge in [0.25, 0.3) is 11.8 Å². The van der Waals surface area contributed by atoms with Gasteiger partial charge >= 0.3 is 0 Å². The molecule has 7 nitrogen and oxygen atoms in total. The zero-order chi connectivity index (χ0) is 19.6. The molecule has 2 aliphatic rings. The molecule has 28 heavy (non-hydrogen) atoms. The lowest BCUT2D eigenvalue weighted by Crippen LogP contribution is -2.53. The fraction of sp³-hybridized carbons (Fsp3) is 0.190. The molecule has 140 valence electrons. The average molecular weight is 376 g/mol. The van der Waals surface area contributed by atoms with Crippen LogP contribution in [0.15, 0.2) is 57.7 Å². The molecule has 0 bridgehead atoms. The molecule has 3 aromatic rings. The van der Waals surface area contributed by atoms with Gasteiger partial charge in [-0.25, -0.2) is 0 Å². The Hall–Kier alpha value is -3.45. The van der Waals surface area contributed by atoms with Crippen LogP contribution in [0, 0.1) is 0 Å². The van der Waals surface area contributed by atoms with E-state index in [1.165, 1.54) is 9.80 Å². The number of aliphatic hydroxyl groups is 1. The second-order valence-corrected chi connectivity index (χ2v) is 6.90. The summed E-state index contributed by atoms with van der Waals surface area (Å²) in [7, 11) is 1.61. The van der Waals surface area contributed by atoms with E-state index in [1.54, 1.807) is 55.6 Å². The van der Waals surface area contributed by atoms with Gasteiger partial charge in [-0.1, -0.05) is 30.3 Å². The van der Waals surface area contributed by atoms with E-state index >= 15 is 0 Å². The van der Waals surface area contributed by atoms with Crippen molar-refractivity contribution < 1.29 is 19.1 Å². The average Bonchev–Trinajstić information content (AvgIpc) is 3.09. The molecule has 0 saturated heterocycles. The second kappa shape index (κ2) is 5.53. The molecule has 7 heteroatoms. The third-order valence-corrected chi connectivity index (χ3v) is 5.60. The van der Waals surface area contributed by atoms with Crippen molar-refractivity contribution in [1.29, 1.82) is 0 Å². The Morgan fingerprint density at radius 1 is 1.04 bits per heavy atom. The maximum absolute atomic E-state index is 13.5. The Bertz CT molecular complexity index is 1230. The molecule has 0 fully saturated rings. The number of aliphatic hydroxyl groups excluding tert-OH is 1. The van der Waals surface area contributed by atoms with Crippen molar-refractivity contribution in [3.8, 4) is 0 Å². The normalized spacial score (nSPS) is 20.4. The number of carbonyl (C=O) groups is 2. The standard InChI is InChI=1S/C21H16N2O5/c1-22-14-8-4-3-7-13(14)21(20(22)27)16-17(25)12-6-2-5-9-15(12)28-18(16)19(26)23(21)10-11-24/h2-9,24H,10-11H2,1H3/t21-/m1/s1. The molecule has 0 unspecified atom stereocenters. The lowest BCUT2D eigenvalue weighted by molar-refractivity contribution is -0.125. The van der Waals surface area contributed by atoms with Gasteiger partial charge in [0, 0.05) is 24.8 Å². The number of benzene rings is 2. The van der Waals surface area contributed by atoms with Gasteiger partial charge in [0.05, 0.1) is 17.6 Å². The van der Waals surface area contributed by atoms with Gasteiger partial charge in [0.2, 0.25) is 5.76 Å². The summed E-state index contributed by atoms with van der Waals surface area (Å²) in [6.45, 7) is -0.457. The SMILES string of the molecule is CN1C(=O)[C@@]2(c3ccccc31)c1c(oc3ccccc3c1=O)C(=O)N2CCO. The summed E-state index contributed by atoms with van der Waals surface area (Å²) < 4.78 is 5.82. The molecule has 2 aromatic carbocycles. The molecule has 1 aromatic heterocycles. The van der Waals surface area contributed by atoms with Crippen LogP contribution in [0.2, 0.25) is 0 Å². The fourth-order valence-corrected chi connectivity index (χ4v) is 4.44. The van der Waals surface area contributed by atoms with E-state index < -0.39 is 22.8 Å². The van der Waals surface area contributed by atoms with Crippen molar-refractivity contribution in [3.05, 3.63) is 75.6 Å². The third kappa shape index (κ3) is 1.74. The fourth-order valence-electron chi connectivity index (χ4n) is 4.44. The first kappa shape index (κ1) is 16.7. The van der Waals surface area contributed by atoms with E-state index in [0.717, 1.165) is 0 Å². The first-order valence-corrected chi connectivity index (χ1v) is 8.90. The van der Waals surface area contributed by atoms with Crippen LogP contribution in [0.1, 0.15) is 21.7 Å². The topological polar surface area (TPSA) is 91.1 Å². The van der Waals surface area contributed by atoms with Crippen molar-refractivity contribution >= 4 is 28.5 Å². The minimum absolute atomic E-state index is 0.0199. The van der Waals surface area contributed by atoms with Crippen molar-refractivity contribution in [1.82, 2.24) is 4.90 Å². The zero-order valence-electron chi connectivity index (χ0n) is 15.0. The Kier molecular flexibility index (Phi) is 3.30. The number of nitrogens with zero attached hydrogens (tertiary/aromatic N) is 2. The van der Waals surface area contributed by atoms with Crippen molar-refractivity contribution in [2.75, 3.05) is 25.1 Å². The molecule has 2 aliphatic heterocycles. The highest BCUT2D eigenvalue weighted by atomic mass is 16.3. The van der Waals surface area contributed by atoms with Gasteiger partial charge in [-0.05, 0) is 18.2 Å². The van der Waals surface area contributed by atoms with E-state index in [1.807, 2.05) is 0 Å². The molecule has 3 heterocycles. The van der Waals surface area contributed by atoms with Crippen LogP contribution in [0.4, 0.5) is 5.69 Å². The Morgan fingerprint density at radius 2 is 1.75 bits per heavy atom. The van der Waals surface area contributed by atoms with E-state index in [4.69, 9.17) is 4.42 Å². The maximum Gasteiger partial charge on any atom is 0.291 e. The van der Waals surface area contributed by atoms with Crippen LogP contribution in [-0.4, -0.2) is 42.0 Å². The van der Waals surface area contributed by atoms with Crippen molar-refractivity contribution in [2.24, 2.45) is 0 Å². The predicted octanol–water partition coefficient (Wildman–Crippen LogP) is 1.46. The molecular weight excluding hydrogens is 360 g/mol. The summed E-state index contributed by atoms with van der Waals surface area (Å²) in [5, 5.41) is 9.90. The quantitative estimate of drug-likeness (QED) is 0.731. The van der Waals surface area contributed by atoms with E-state index in [-0.39, 0.29) is 30.1 Å². The van der Waals surface area contributed by atoms with Gasteiger partial charge in [0.1, 0.15) is 5.58 Å². The highest BCUT2D eigenvalue weighted by Crippen LogP contribution is 2.51. The Balaban J connectivity index is 1.97. The Morgan fingerprint density at radius 3 is 2.54 bits per heavy atom. The van der Waals surface area contributed by atoms with Gasteiger partial charge in [0.15, 0.2) is 11.0 Å². The van der Waals surface area contributed by atoms with Crippen molar-refractivity contribution in [2.45, 2.75) is 5.54 Å². The van der Waals surface area contributed by atoms with Gasteiger partial charge in [-0.2, -0.15) is 0 Å². The molecule has 5 rings (SSSR count). The molecule has 1 N–H and O–H groups in total. The molecule has 0 saturated carbocycles. The maximum atomic E-state index is 13.5. The minimum atomic E-state index is -1.63. The Labute approximate surface area is 159 Å². The van der Waals surface area contributed by atoms with E-state index in [0.29, 0.717) is 16.6 Å². The highest BCUT2D eigenvalue weighted by molar-refractivity contribution is 6.16. The molecule has 1 atom stereocenters. The highest BCUT2D eigenvalue weighted by Gasteiger charge is 2.64. The number of fused-ring (bicyclic) bond motifs is 5. The van der Waals surface area contributed by atoms with Crippen LogP contribution < -0.4 is 10.3 Å². The van der Waals surface area contributed by atoms with Crippen LogP contribution in [-0.2, 0) is 10.3 Å². The second-order valence-electron chi connectivity index (χ2n) is 6.90. The number of β-amino-alcohol motifs (C(OH)–C–C–N with tert-alkyl or cyclic N) is 1. The molecule has 0 aliphatic carbocycles. The van der Waals surface area contributed by atoms with Crippen molar-refractivity contribution in [3.63, 3.8) is 0 Å². The number of anilines is 1. The number of rotatable bonds is 2. The van der Waals surface area contributed by atoms with E-state index in [2.05, 4.69) is 0 Å². The first-order chi connectivity index (χ1) is 13.5. The number of amides is 2. The van der Waals surface area contributed by atoms with E-state index in [9.17, 15) is 19.5 Å². The molecule has 0 radical (unpaired) electrons. The van der Waals surface area contributed by atoms with Crippen LogP contribution in [0.5, 0.6) is 0 Å². The number of carbonyl (C=O) groups excluding carboxylic acids is 2. The van der Waals surface area contributed by atoms with Crippen LogP contribution in [0.25, 0.3) is 11.0 Å².